The Morgan fingerprint density at radius 1 is 0.892 bits per heavy atom. The summed E-state index contributed by atoms with van der Waals surface area (Å²) in [5, 5.41) is 23.1. The maximum atomic E-state index is 11.5. The van der Waals surface area contributed by atoms with Crippen molar-refractivity contribution in [2.75, 3.05) is 13.2 Å². The zero-order valence-corrected chi connectivity index (χ0v) is 23.4. The van der Waals surface area contributed by atoms with Crippen molar-refractivity contribution in [3.8, 4) is 0 Å². The predicted molar refractivity (Wildman–Crippen MR) is 141 cm³/mol. The maximum absolute atomic E-state index is 11.5. The van der Waals surface area contributed by atoms with Gasteiger partial charge in [0, 0.05) is 13.5 Å². The molecule has 0 spiro atoms. The standard InChI is InChI=1S/C26H49NO9S/c1-3-4-5-6-7-8-9-10-11-12-13-14-15-16-17-18-19-34-26-23(27-21(2)28)25(30)24(29)22(36-26)20-35-37(31,32)33/h10-11,22-26,29-30H,3-9,12-20H2,1-2H3,(H,27,28)(H,31,32,33)/b11-10-/t22-,23-,24-,25-,26+/m1/s1. The van der Waals surface area contributed by atoms with Crippen LogP contribution in [-0.4, -0.2) is 72.9 Å². The molecule has 11 heteroatoms. The highest BCUT2D eigenvalue weighted by Crippen LogP contribution is 2.23. The van der Waals surface area contributed by atoms with Crippen LogP contribution in [0.2, 0.25) is 0 Å². The summed E-state index contributed by atoms with van der Waals surface area (Å²) in [6, 6.07) is -1.04. The fourth-order valence-electron chi connectivity index (χ4n) is 4.30. The molecule has 0 aromatic rings. The lowest BCUT2D eigenvalue weighted by atomic mass is 9.97. The average molecular weight is 552 g/mol. The molecule has 1 rings (SSSR count). The van der Waals surface area contributed by atoms with Crippen molar-refractivity contribution in [3.63, 3.8) is 0 Å². The minimum atomic E-state index is -4.75. The normalized spacial score (nSPS) is 24.5. The second-order valence-electron chi connectivity index (χ2n) is 9.77. The molecule has 10 nitrogen and oxygen atoms in total. The van der Waals surface area contributed by atoms with Gasteiger partial charge in [-0.25, -0.2) is 4.18 Å². The monoisotopic (exact) mass is 551 g/mol. The molecule has 1 amide bonds. The number of aliphatic hydroxyl groups excluding tert-OH is 2. The summed E-state index contributed by atoms with van der Waals surface area (Å²) in [6.07, 6.45) is 15.8. The van der Waals surface area contributed by atoms with E-state index in [0.29, 0.717) is 6.61 Å². The molecule has 1 aliphatic rings. The Morgan fingerprint density at radius 3 is 1.97 bits per heavy atom. The lowest BCUT2D eigenvalue weighted by Crippen LogP contribution is -2.64. The quantitative estimate of drug-likeness (QED) is 0.0948. The number of carbonyl (C=O) groups is 1. The van der Waals surface area contributed by atoms with Crippen LogP contribution >= 0.6 is 0 Å². The number of hydrogen-bond donors (Lipinski definition) is 4. The van der Waals surface area contributed by atoms with Crippen LogP contribution < -0.4 is 5.32 Å². The van der Waals surface area contributed by atoms with E-state index in [9.17, 15) is 23.4 Å². The molecule has 5 atom stereocenters. The molecule has 1 heterocycles. The second kappa shape index (κ2) is 19.9. The number of allylic oxidation sites excluding steroid dienone is 2. The van der Waals surface area contributed by atoms with Crippen molar-refractivity contribution in [2.45, 2.75) is 134 Å². The molecule has 37 heavy (non-hydrogen) atoms. The Hall–Kier alpha value is -1.08. The van der Waals surface area contributed by atoms with Gasteiger partial charge in [0.25, 0.3) is 0 Å². The summed E-state index contributed by atoms with van der Waals surface area (Å²) in [6.45, 7) is 3.09. The van der Waals surface area contributed by atoms with E-state index in [2.05, 4.69) is 28.6 Å². The molecule has 0 radical (unpaired) electrons. The van der Waals surface area contributed by atoms with Gasteiger partial charge in [0.2, 0.25) is 5.91 Å². The Labute approximate surface area is 223 Å². The fourth-order valence-corrected chi connectivity index (χ4v) is 4.61. The summed E-state index contributed by atoms with van der Waals surface area (Å²) in [5.74, 6) is -0.446. The molecule has 4 N–H and O–H groups in total. The largest absolute Gasteiger partial charge is 0.397 e. The molecule has 0 aliphatic carbocycles. The number of nitrogens with one attached hydrogen (secondary N) is 1. The van der Waals surface area contributed by atoms with E-state index >= 15 is 0 Å². The van der Waals surface area contributed by atoms with E-state index in [4.69, 9.17) is 14.0 Å². The number of rotatable bonds is 21. The fraction of sp³-hybridized carbons (Fsp3) is 0.885. The molecule has 218 valence electrons. The van der Waals surface area contributed by atoms with Crippen molar-refractivity contribution in [3.05, 3.63) is 12.2 Å². The van der Waals surface area contributed by atoms with Gasteiger partial charge in [-0.3, -0.25) is 9.35 Å². The lowest BCUT2D eigenvalue weighted by Gasteiger charge is -2.42. The third-order valence-electron chi connectivity index (χ3n) is 6.39. The second-order valence-corrected chi connectivity index (χ2v) is 10.9. The first-order chi connectivity index (χ1) is 17.7. The van der Waals surface area contributed by atoms with Crippen molar-refractivity contribution < 1.29 is 41.6 Å². The third-order valence-corrected chi connectivity index (χ3v) is 6.82. The van der Waals surface area contributed by atoms with E-state index in [0.717, 1.165) is 32.1 Å². The Kier molecular flexibility index (Phi) is 18.3. The topological polar surface area (TPSA) is 152 Å². The summed E-state index contributed by atoms with van der Waals surface area (Å²) >= 11 is 0. The van der Waals surface area contributed by atoms with Crippen LogP contribution in [0.1, 0.15) is 104 Å². The Morgan fingerprint density at radius 2 is 1.43 bits per heavy atom. The molecule has 0 unspecified atom stereocenters. The lowest BCUT2D eigenvalue weighted by molar-refractivity contribution is -0.269. The maximum Gasteiger partial charge on any atom is 0.397 e. The highest BCUT2D eigenvalue weighted by molar-refractivity contribution is 7.80. The molecule has 1 aliphatic heterocycles. The molecule has 0 bridgehead atoms. The van der Waals surface area contributed by atoms with Gasteiger partial charge in [0.15, 0.2) is 6.29 Å². The van der Waals surface area contributed by atoms with E-state index in [-0.39, 0.29) is 0 Å². The number of aliphatic hydroxyl groups is 2. The molecular weight excluding hydrogens is 502 g/mol. The van der Waals surface area contributed by atoms with Gasteiger partial charge in [-0.05, 0) is 32.1 Å². The van der Waals surface area contributed by atoms with Crippen LogP contribution in [-0.2, 0) is 28.9 Å². The summed E-state index contributed by atoms with van der Waals surface area (Å²) < 4.78 is 46.0. The SMILES string of the molecule is CCCCCCCC/C=C\CCCCCCCCO[C@H]1O[C@H](COS(=O)(=O)O)[C@@H](O)[C@H](O)[C@H]1NC(C)=O. The van der Waals surface area contributed by atoms with Crippen molar-refractivity contribution >= 4 is 16.3 Å². The molecule has 1 saturated heterocycles. The molecular formula is C26H49NO9S. The van der Waals surface area contributed by atoms with Crippen LogP contribution in [0.5, 0.6) is 0 Å². The number of ether oxygens (including phenoxy) is 2. The number of amides is 1. The molecule has 0 aromatic carbocycles. The summed E-state index contributed by atoms with van der Waals surface area (Å²) in [5.41, 5.74) is 0. The van der Waals surface area contributed by atoms with E-state index < -0.39 is 53.6 Å². The molecule has 0 aromatic heterocycles. The van der Waals surface area contributed by atoms with Crippen molar-refractivity contribution in [1.82, 2.24) is 5.32 Å². The Balaban J connectivity index is 2.21. The van der Waals surface area contributed by atoms with Gasteiger partial charge in [0.1, 0.15) is 24.4 Å². The van der Waals surface area contributed by atoms with Crippen LogP contribution in [0.15, 0.2) is 12.2 Å². The smallest absolute Gasteiger partial charge is 0.388 e. The van der Waals surface area contributed by atoms with Gasteiger partial charge in [0.05, 0.1) is 6.61 Å². The molecule has 1 fully saturated rings. The first-order valence-electron chi connectivity index (χ1n) is 13.8. The van der Waals surface area contributed by atoms with Gasteiger partial charge in [-0.15, -0.1) is 0 Å². The van der Waals surface area contributed by atoms with Crippen LogP contribution in [0.4, 0.5) is 0 Å². The third kappa shape index (κ3) is 16.5. The van der Waals surface area contributed by atoms with Crippen LogP contribution in [0.3, 0.4) is 0 Å². The first-order valence-corrected chi connectivity index (χ1v) is 15.2. The minimum absolute atomic E-state index is 0.302. The van der Waals surface area contributed by atoms with E-state index in [1.807, 2.05) is 0 Å². The van der Waals surface area contributed by atoms with Gasteiger partial charge in [-0.1, -0.05) is 76.9 Å². The van der Waals surface area contributed by atoms with Gasteiger partial charge < -0.3 is 25.0 Å². The number of unbranched alkanes of at least 4 members (excludes halogenated alkanes) is 12. The van der Waals surface area contributed by atoms with Crippen LogP contribution in [0, 0.1) is 0 Å². The summed E-state index contributed by atoms with van der Waals surface area (Å²) in [7, 11) is -4.75. The minimum Gasteiger partial charge on any atom is -0.388 e. The van der Waals surface area contributed by atoms with Gasteiger partial charge in [-0.2, -0.15) is 8.42 Å². The van der Waals surface area contributed by atoms with Gasteiger partial charge >= 0.3 is 10.4 Å². The zero-order valence-electron chi connectivity index (χ0n) is 22.6. The van der Waals surface area contributed by atoms with E-state index in [1.54, 1.807) is 0 Å². The number of hydrogen-bond acceptors (Lipinski definition) is 8. The summed E-state index contributed by atoms with van der Waals surface area (Å²) in [4.78, 5) is 11.5. The molecule has 0 saturated carbocycles. The van der Waals surface area contributed by atoms with E-state index in [1.165, 1.54) is 64.7 Å². The highest BCUT2D eigenvalue weighted by atomic mass is 32.3. The highest BCUT2D eigenvalue weighted by Gasteiger charge is 2.46. The van der Waals surface area contributed by atoms with Crippen molar-refractivity contribution in [2.24, 2.45) is 0 Å². The van der Waals surface area contributed by atoms with Crippen LogP contribution in [0.25, 0.3) is 0 Å². The van der Waals surface area contributed by atoms with Crippen molar-refractivity contribution in [1.29, 1.82) is 0 Å². The average Bonchev–Trinajstić information content (AvgIpc) is 2.83. The predicted octanol–water partition coefficient (Wildman–Crippen LogP) is 3.81. The first kappa shape index (κ1) is 33.9. The zero-order chi connectivity index (χ0) is 27.5. The number of carbonyl (C=O) groups excluding carboxylic acids is 1. The Bertz CT molecular complexity index is 732.